The van der Waals surface area contributed by atoms with E-state index in [1.807, 2.05) is 47.4 Å². The highest BCUT2D eigenvalue weighted by atomic mass is 16.5. The zero-order valence-electron chi connectivity index (χ0n) is 19.7. The molecule has 1 aliphatic rings. The Balaban J connectivity index is 1.60. The summed E-state index contributed by atoms with van der Waals surface area (Å²) < 4.78 is 7.54. The molecule has 0 unspecified atom stereocenters. The number of nitrogens with zero attached hydrogens (tertiary/aromatic N) is 2. The van der Waals surface area contributed by atoms with Gasteiger partial charge in [-0.1, -0.05) is 62.4 Å². The number of anilines is 1. The number of benzene rings is 3. The molecule has 0 spiro atoms. The Kier molecular flexibility index (Phi) is 5.84. The second kappa shape index (κ2) is 9.10. The molecular formula is C29H29N3O2. The van der Waals surface area contributed by atoms with Crippen molar-refractivity contribution in [2.45, 2.75) is 32.4 Å². The van der Waals surface area contributed by atoms with E-state index in [2.05, 4.69) is 72.4 Å². The van der Waals surface area contributed by atoms with E-state index in [0.29, 0.717) is 23.9 Å². The average molecular weight is 452 g/mol. The van der Waals surface area contributed by atoms with Crippen LogP contribution in [0.3, 0.4) is 0 Å². The molecule has 0 saturated heterocycles. The highest BCUT2D eigenvalue weighted by Gasteiger charge is 2.33. The first kappa shape index (κ1) is 21.8. The maximum absolute atomic E-state index is 13.8. The van der Waals surface area contributed by atoms with Crippen molar-refractivity contribution < 1.29 is 9.53 Å². The molecule has 172 valence electrons. The zero-order chi connectivity index (χ0) is 23.7. The number of hydrogen-bond acceptors (Lipinski definition) is 2. The van der Waals surface area contributed by atoms with Gasteiger partial charge in [-0.15, -0.1) is 0 Å². The largest absolute Gasteiger partial charge is 0.497 e. The van der Waals surface area contributed by atoms with Gasteiger partial charge in [0.1, 0.15) is 5.75 Å². The van der Waals surface area contributed by atoms with E-state index in [9.17, 15) is 4.79 Å². The molecule has 1 aromatic heterocycles. The molecule has 3 aromatic carbocycles. The lowest BCUT2D eigenvalue weighted by atomic mass is 9.97. The van der Waals surface area contributed by atoms with Crippen LogP contribution in [0.5, 0.6) is 5.75 Å². The van der Waals surface area contributed by atoms with Crippen LogP contribution in [-0.4, -0.2) is 22.6 Å². The topological polar surface area (TPSA) is 46.5 Å². The van der Waals surface area contributed by atoms with Gasteiger partial charge in [-0.25, -0.2) is 4.79 Å². The number of rotatable bonds is 4. The molecule has 0 fully saturated rings. The predicted molar refractivity (Wildman–Crippen MR) is 136 cm³/mol. The molecule has 0 saturated carbocycles. The van der Waals surface area contributed by atoms with Crippen molar-refractivity contribution in [3.63, 3.8) is 0 Å². The molecule has 5 heteroatoms. The first-order valence-electron chi connectivity index (χ1n) is 11.6. The molecule has 5 rings (SSSR count). The summed E-state index contributed by atoms with van der Waals surface area (Å²) in [4.78, 5) is 15.7. The number of carbonyl (C=O) groups is 1. The highest BCUT2D eigenvalue weighted by Crippen LogP contribution is 2.37. The maximum Gasteiger partial charge on any atom is 0.322 e. The molecule has 0 aliphatic carbocycles. The monoisotopic (exact) mass is 451 g/mol. The minimum atomic E-state index is -0.241. The van der Waals surface area contributed by atoms with Gasteiger partial charge in [0.15, 0.2) is 0 Å². The van der Waals surface area contributed by atoms with Gasteiger partial charge in [0.25, 0.3) is 0 Å². The third-order valence-corrected chi connectivity index (χ3v) is 6.46. The van der Waals surface area contributed by atoms with Crippen LogP contribution in [0.1, 0.15) is 48.2 Å². The standard InChI is InChI=1S/C29H29N3O2/c1-20(2)21-13-15-22(16-14-21)28-27-12-7-17-31(27)26-11-5-4-8-23(26)19-32(28)29(33)30-24-9-6-10-25(18-24)34-3/h4-18,20,28H,19H2,1-3H3,(H,30,33)/t28-/m1/s1. The smallest absolute Gasteiger partial charge is 0.322 e. The fourth-order valence-electron chi connectivity index (χ4n) is 4.65. The Hall–Kier alpha value is -3.99. The third kappa shape index (κ3) is 4.05. The second-order valence-electron chi connectivity index (χ2n) is 8.95. The number of nitrogens with one attached hydrogen (secondary N) is 1. The van der Waals surface area contributed by atoms with Gasteiger partial charge in [-0.3, -0.25) is 0 Å². The van der Waals surface area contributed by atoms with Crippen molar-refractivity contribution >= 4 is 11.7 Å². The van der Waals surface area contributed by atoms with Gasteiger partial charge in [-0.05, 0) is 52.9 Å². The number of urea groups is 1. The third-order valence-electron chi connectivity index (χ3n) is 6.46. The molecule has 34 heavy (non-hydrogen) atoms. The van der Waals surface area contributed by atoms with Gasteiger partial charge in [-0.2, -0.15) is 0 Å². The number of amides is 2. The number of aromatic nitrogens is 1. The van der Waals surface area contributed by atoms with Gasteiger partial charge in [0.05, 0.1) is 25.4 Å². The maximum atomic E-state index is 13.8. The molecule has 1 aliphatic heterocycles. The number of ether oxygens (including phenoxy) is 1. The number of hydrogen-bond donors (Lipinski definition) is 1. The molecule has 4 aromatic rings. The number of fused-ring (bicyclic) bond motifs is 3. The van der Waals surface area contributed by atoms with E-state index in [-0.39, 0.29) is 12.1 Å². The van der Waals surface area contributed by atoms with Crippen molar-refractivity contribution in [2.75, 3.05) is 12.4 Å². The Morgan fingerprint density at radius 3 is 2.53 bits per heavy atom. The molecule has 1 N–H and O–H groups in total. The van der Waals surface area contributed by atoms with Gasteiger partial charge in [0.2, 0.25) is 0 Å². The van der Waals surface area contributed by atoms with Crippen LogP contribution in [0.15, 0.2) is 91.1 Å². The molecule has 0 bridgehead atoms. The van der Waals surface area contributed by atoms with E-state index in [1.165, 1.54) is 5.56 Å². The first-order valence-corrected chi connectivity index (χ1v) is 11.6. The first-order chi connectivity index (χ1) is 16.5. The van der Waals surface area contributed by atoms with Crippen molar-refractivity contribution in [1.82, 2.24) is 9.47 Å². The Morgan fingerprint density at radius 1 is 0.971 bits per heavy atom. The summed E-state index contributed by atoms with van der Waals surface area (Å²) in [5.74, 6) is 1.15. The van der Waals surface area contributed by atoms with Crippen LogP contribution in [0, 0.1) is 0 Å². The van der Waals surface area contributed by atoms with Gasteiger partial charge >= 0.3 is 6.03 Å². The van der Waals surface area contributed by atoms with Crippen LogP contribution in [0.2, 0.25) is 0 Å². The van der Waals surface area contributed by atoms with Crippen LogP contribution in [0.25, 0.3) is 5.69 Å². The lowest BCUT2D eigenvalue weighted by Crippen LogP contribution is -2.37. The van der Waals surface area contributed by atoms with Crippen molar-refractivity contribution in [2.24, 2.45) is 0 Å². The minimum Gasteiger partial charge on any atom is -0.497 e. The SMILES string of the molecule is COc1cccc(NC(=O)N2Cc3ccccc3-n3cccc3[C@H]2c2ccc(C(C)C)cc2)c1. The van der Waals surface area contributed by atoms with E-state index in [1.54, 1.807) is 7.11 Å². The van der Waals surface area contributed by atoms with Crippen LogP contribution in [0.4, 0.5) is 10.5 Å². The summed E-state index contributed by atoms with van der Waals surface area (Å²) >= 11 is 0. The Bertz CT molecular complexity index is 1310. The highest BCUT2D eigenvalue weighted by molar-refractivity contribution is 5.90. The lowest BCUT2D eigenvalue weighted by Gasteiger charge is -2.31. The molecule has 5 nitrogen and oxygen atoms in total. The number of carbonyl (C=O) groups excluding carboxylic acids is 1. The Labute approximate surface area is 200 Å². The summed E-state index contributed by atoms with van der Waals surface area (Å²) in [5, 5.41) is 3.10. The van der Waals surface area contributed by atoms with Crippen molar-refractivity contribution in [1.29, 1.82) is 0 Å². The van der Waals surface area contributed by atoms with E-state index >= 15 is 0 Å². The summed E-state index contributed by atoms with van der Waals surface area (Å²) in [5.41, 5.74) is 6.32. The van der Waals surface area contributed by atoms with Gasteiger partial charge < -0.3 is 19.5 Å². The molecule has 0 radical (unpaired) electrons. The molecule has 2 heterocycles. The van der Waals surface area contributed by atoms with E-state index in [0.717, 1.165) is 22.5 Å². The normalized spacial score (nSPS) is 14.8. The summed E-state index contributed by atoms with van der Waals surface area (Å²) in [7, 11) is 1.62. The van der Waals surface area contributed by atoms with E-state index < -0.39 is 0 Å². The number of methoxy groups -OCH3 is 1. The van der Waals surface area contributed by atoms with Crippen molar-refractivity contribution in [3.8, 4) is 11.4 Å². The summed E-state index contributed by atoms with van der Waals surface area (Å²) in [6, 6.07) is 28.1. The van der Waals surface area contributed by atoms with Crippen molar-refractivity contribution in [3.05, 3.63) is 114 Å². The Morgan fingerprint density at radius 2 is 1.76 bits per heavy atom. The second-order valence-corrected chi connectivity index (χ2v) is 8.95. The van der Waals surface area contributed by atoms with Gasteiger partial charge in [0, 0.05) is 23.6 Å². The minimum absolute atomic E-state index is 0.157. The van der Waals surface area contributed by atoms with Crippen LogP contribution >= 0.6 is 0 Å². The summed E-state index contributed by atoms with van der Waals surface area (Å²) in [6.45, 7) is 4.87. The van der Waals surface area contributed by atoms with Crippen LogP contribution in [-0.2, 0) is 6.54 Å². The predicted octanol–water partition coefficient (Wildman–Crippen LogP) is 6.75. The molecule has 2 amide bonds. The zero-order valence-corrected chi connectivity index (χ0v) is 19.7. The summed E-state index contributed by atoms with van der Waals surface area (Å²) in [6.07, 6.45) is 2.08. The fraction of sp³-hybridized carbons (Fsp3) is 0.207. The van der Waals surface area contributed by atoms with Crippen LogP contribution < -0.4 is 10.1 Å². The van der Waals surface area contributed by atoms with E-state index in [4.69, 9.17) is 4.74 Å². The average Bonchev–Trinajstić information content (AvgIpc) is 3.28. The molecular weight excluding hydrogens is 422 g/mol. The molecule has 1 atom stereocenters. The number of para-hydroxylation sites is 1. The fourth-order valence-corrected chi connectivity index (χ4v) is 4.65. The quantitative estimate of drug-likeness (QED) is 0.373. The lowest BCUT2D eigenvalue weighted by molar-refractivity contribution is 0.194.